The number of carbonyl (C=O) groups is 1. The first-order valence-corrected chi connectivity index (χ1v) is 17.7. The summed E-state index contributed by atoms with van der Waals surface area (Å²) < 4.78 is 37.3. The summed E-state index contributed by atoms with van der Waals surface area (Å²) in [4.78, 5) is 22.9. The van der Waals surface area contributed by atoms with Gasteiger partial charge in [-0.25, -0.2) is 17.9 Å². The molecule has 0 aliphatic rings. The molecule has 0 saturated carbocycles. The maximum absolute atomic E-state index is 13.2. The van der Waals surface area contributed by atoms with E-state index in [0.29, 0.717) is 23.1 Å². The van der Waals surface area contributed by atoms with Crippen LogP contribution in [0.4, 0.5) is 5.69 Å². The van der Waals surface area contributed by atoms with Crippen LogP contribution in [0.15, 0.2) is 133 Å². The number of hydrogen-bond acceptors (Lipinski definition) is 6. The van der Waals surface area contributed by atoms with E-state index in [-0.39, 0.29) is 42.6 Å². The maximum atomic E-state index is 13.2. The minimum absolute atomic E-state index is 0.0628. The molecule has 6 rings (SSSR count). The number of nitrogens with one attached hydrogen (secondary N) is 1. The van der Waals surface area contributed by atoms with E-state index in [1.165, 1.54) is 18.2 Å². The van der Waals surface area contributed by atoms with E-state index in [2.05, 4.69) is 9.29 Å². The molecule has 0 fully saturated rings. The van der Waals surface area contributed by atoms with Crippen LogP contribution in [0.2, 0.25) is 0 Å². The van der Waals surface area contributed by atoms with Crippen LogP contribution in [-0.4, -0.2) is 42.1 Å². The number of ether oxygens (including phenoxy) is 1. The van der Waals surface area contributed by atoms with Crippen molar-refractivity contribution in [2.75, 3.05) is 13.2 Å². The number of nitro groups is 1. The Bertz CT molecular complexity index is 2170. The third-order valence-electron chi connectivity index (χ3n) is 8.51. The summed E-state index contributed by atoms with van der Waals surface area (Å²) in [7, 11) is -3.68. The number of aromatic nitrogens is 1. The van der Waals surface area contributed by atoms with E-state index < -0.39 is 20.9 Å². The lowest BCUT2D eigenvalue weighted by atomic mass is 9.97. The molecule has 50 heavy (non-hydrogen) atoms. The fourth-order valence-electron chi connectivity index (χ4n) is 6.28. The maximum Gasteiger partial charge on any atom is 0.335 e. The third-order valence-corrected chi connectivity index (χ3v) is 9.87. The molecule has 1 heterocycles. The second-order valence-corrected chi connectivity index (χ2v) is 13.6. The predicted molar refractivity (Wildman–Crippen MR) is 192 cm³/mol. The van der Waals surface area contributed by atoms with Gasteiger partial charge in [0.1, 0.15) is 5.75 Å². The van der Waals surface area contributed by atoms with Gasteiger partial charge in [-0.2, -0.15) is 0 Å². The van der Waals surface area contributed by atoms with Crippen LogP contribution in [0.1, 0.15) is 44.3 Å². The van der Waals surface area contributed by atoms with Crippen molar-refractivity contribution in [3.05, 3.63) is 177 Å². The number of hydrogen-bond donors (Lipinski definition) is 2. The average molecular weight is 690 g/mol. The highest BCUT2D eigenvalue weighted by Gasteiger charge is 2.27. The highest BCUT2D eigenvalue weighted by molar-refractivity contribution is 7.88. The molecule has 254 valence electrons. The molecule has 0 atom stereocenters. The first-order chi connectivity index (χ1) is 24.2. The molecular formula is C39H35N3O7S. The monoisotopic (exact) mass is 689 g/mol. The lowest BCUT2D eigenvalue weighted by molar-refractivity contribution is -0.384. The number of sulfonamides is 1. The number of nitrogens with zero attached hydrogens (tertiary/aromatic N) is 2. The van der Waals surface area contributed by atoms with Crippen LogP contribution in [-0.2, 0) is 28.6 Å². The zero-order valence-electron chi connectivity index (χ0n) is 27.0. The van der Waals surface area contributed by atoms with Crippen molar-refractivity contribution in [2.45, 2.75) is 24.6 Å². The Kier molecular flexibility index (Phi) is 10.4. The molecule has 6 aromatic rings. The molecule has 1 aromatic heterocycles. The quantitative estimate of drug-likeness (QED) is 0.0861. The van der Waals surface area contributed by atoms with Crippen molar-refractivity contribution in [2.24, 2.45) is 0 Å². The molecule has 11 heteroatoms. The van der Waals surface area contributed by atoms with E-state index in [4.69, 9.17) is 4.74 Å². The summed E-state index contributed by atoms with van der Waals surface area (Å²) in [5.41, 5.74) is 5.09. The van der Waals surface area contributed by atoms with E-state index in [1.807, 2.05) is 66.7 Å². The van der Waals surface area contributed by atoms with Gasteiger partial charge in [0.15, 0.2) is 0 Å². The number of carboxylic acid groups (broad SMARTS) is 1. The number of aromatic carboxylic acids is 1. The normalized spacial score (nSPS) is 11.5. The van der Waals surface area contributed by atoms with Gasteiger partial charge >= 0.3 is 5.97 Å². The number of fused-ring (bicyclic) bond motifs is 1. The number of nitro benzene ring substituents is 1. The van der Waals surface area contributed by atoms with E-state index in [1.54, 1.807) is 48.5 Å². The van der Waals surface area contributed by atoms with Crippen LogP contribution >= 0.6 is 0 Å². The zero-order chi connectivity index (χ0) is 35.1. The Morgan fingerprint density at radius 2 is 1.42 bits per heavy atom. The smallest absolute Gasteiger partial charge is 0.335 e. The van der Waals surface area contributed by atoms with Crippen LogP contribution in [0, 0.1) is 10.1 Å². The van der Waals surface area contributed by atoms with Crippen LogP contribution in [0.3, 0.4) is 0 Å². The molecule has 0 radical (unpaired) electrons. The van der Waals surface area contributed by atoms with Gasteiger partial charge in [-0.05, 0) is 52.6 Å². The summed E-state index contributed by atoms with van der Waals surface area (Å²) in [6, 6.07) is 39.4. The highest BCUT2D eigenvalue weighted by atomic mass is 32.2. The summed E-state index contributed by atoms with van der Waals surface area (Å²) in [6.07, 6.45) is 0.628. The predicted octanol–water partition coefficient (Wildman–Crippen LogP) is 7.17. The first kappa shape index (κ1) is 34.1. The molecular weight excluding hydrogens is 655 g/mol. The molecule has 0 bridgehead atoms. The van der Waals surface area contributed by atoms with E-state index in [9.17, 15) is 28.4 Å². The Morgan fingerprint density at radius 1 is 0.820 bits per heavy atom. The third kappa shape index (κ3) is 7.91. The van der Waals surface area contributed by atoms with Crippen molar-refractivity contribution in [3.63, 3.8) is 0 Å². The van der Waals surface area contributed by atoms with Crippen molar-refractivity contribution < 1.29 is 28.0 Å². The highest BCUT2D eigenvalue weighted by Crippen LogP contribution is 2.38. The second kappa shape index (κ2) is 15.2. The molecule has 0 spiro atoms. The molecule has 5 aromatic carbocycles. The molecule has 0 saturated heterocycles. The molecule has 0 amide bonds. The lowest BCUT2D eigenvalue weighted by Gasteiger charge is -2.25. The molecule has 0 aliphatic heterocycles. The SMILES string of the molecule is O=C(O)c1ccc(OCCc2c(CCNS(=O)(=O)Cc3ccccc3)n(C(c3ccccc3)c3ccccc3)c3ccc([N+](=O)[O-])cc23)cc1. The molecule has 0 aliphatic carbocycles. The summed E-state index contributed by atoms with van der Waals surface area (Å²) in [6.45, 7) is 0.274. The largest absolute Gasteiger partial charge is 0.493 e. The average Bonchev–Trinajstić information content (AvgIpc) is 3.41. The van der Waals surface area contributed by atoms with Gasteiger partial charge in [-0.1, -0.05) is 91.0 Å². The Labute approximate surface area is 289 Å². The van der Waals surface area contributed by atoms with Crippen molar-refractivity contribution in [3.8, 4) is 5.75 Å². The summed E-state index contributed by atoms with van der Waals surface area (Å²) >= 11 is 0. The first-order valence-electron chi connectivity index (χ1n) is 16.1. The topological polar surface area (TPSA) is 141 Å². The number of carboxylic acids is 1. The number of non-ortho nitro benzene ring substituents is 1. The second-order valence-electron chi connectivity index (χ2n) is 11.8. The Morgan fingerprint density at radius 3 is 2.00 bits per heavy atom. The number of rotatable bonds is 15. The van der Waals surface area contributed by atoms with Crippen LogP contribution in [0.5, 0.6) is 5.75 Å². The fraction of sp³-hybridized carbons (Fsp3) is 0.154. The standard InChI is InChI=1S/C39H35N3O7S/c43-39(44)31-16-19-33(20-17-31)49-25-23-34-35-26-32(42(45)46)18-21-36(35)41(38(29-12-6-2-7-13-29)30-14-8-3-9-15-30)37(34)22-24-40-50(47,48)27-28-10-4-1-5-11-28/h1-21,26,38,40H,22-25,27H2,(H,43,44). The number of benzene rings is 5. The van der Waals surface area contributed by atoms with Gasteiger partial charge in [0.05, 0.1) is 28.9 Å². The van der Waals surface area contributed by atoms with Crippen molar-refractivity contribution in [1.29, 1.82) is 0 Å². The fourth-order valence-corrected chi connectivity index (χ4v) is 7.42. The Hall–Kier alpha value is -5.78. The minimum atomic E-state index is -3.68. The zero-order valence-corrected chi connectivity index (χ0v) is 27.8. The van der Waals surface area contributed by atoms with Gasteiger partial charge in [0, 0.05) is 48.1 Å². The van der Waals surface area contributed by atoms with Gasteiger partial charge in [0.25, 0.3) is 5.69 Å². The summed E-state index contributed by atoms with van der Waals surface area (Å²) in [5, 5.41) is 21.9. The Balaban J connectivity index is 1.44. The molecule has 2 N–H and O–H groups in total. The van der Waals surface area contributed by atoms with Gasteiger partial charge < -0.3 is 14.4 Å². The van der Waals surface area contributed by atoms with Gasteiger partial charge in [-0.15, -0.1) is 0 Å². The van der Waals surface area contributed by atoms with Crippen molar-refractivity contribution in [1.82, 2.24) is 9.29 Å². The summed E-state index contributed by atoms with van der Waals surface area (Å²) in [5.74, 6) is -0.728. The molecule has 0 unspecified atom stereocenters. The minimum Gasteiger partial charge on any atom is -0.493 e. The van der Waals surface area contributed by atoms with Crippen LogP contribution in [0.25, 0.3) is 10.9 Å². The lowest BCUT2D eigenvalue weighted by Crippen LogP contribution is -2.28. The van der Waals surface area contributed by atoms with E-state index in [0.717, 1.165) is 27.9 Å². The van der Waals surface area contributed by atoms with E-state index >= 15 is 0 Å². The van der Waals surface area contributed by atoms with Gasteiger partial charge in [0.2, 0.25) is 10.0 Å². The van der Waals surface area contributed by atoms with Crippen LogP contribution < -0.4 is 9.46 Å². The van der Waals surface area contributed by atoms with Crippen molar-refractivity contribution >= 4 is 32.6 Å². The molecule has 10 nitrogen and oxygen atoms in total. The van der Waals surface area contributed by atoms with Gasteiger partial charge in [-0.3, -0.25) is 10.1 Å².